The molecule has 0 saturated carbocycles. The molecule has 0 bridgehead atoms. The number of aromatic carboxylic acids is 1. The Balaban J connectivity index is 2.00. The average Bonchev–Trinajstić information content (AvgIpc) is 2.79. The van der Waals surface area contributed by atoms with Crippen molar-refractivity contribution < 1.29 is 19.5 Å². The summed E-state index contributed by atoms with van der Waals surface area (Å²) in [6, 6.07) is 6.60. The Bertz CT molecular complexity index is 372. The summed E-state index contributed by atoms with van der Waals surface area (Å²) in [5.74, 6) is -0.783. The quantitative estimate of drug-likeness (QED) is 0.714. The molecule has 1 fully saturated rings. The Morgan fingerprint density at radius 3 is 2.69 bits per heavy atom. The monoisotopic (exact) mass is 221 g/mol. The van der Waals surface area contributed by atoms with Gasteiger partial charge in [-0.2, -0.15) is 0 Å². The number of hydrogen-bond acceptors (Lipinski definition) is 3. The summed E-state index contributed by atoms with van der Waals surface area (Å²) in [7, 11) is 0. The van der Waals surface area contributed by atoms with Crippen molar-refractivity contribution in [2.75, 3.05) is 19.8 Å². The highest BCUT2D eigenvalue weighted by Crippen LogP contribution is 2.16. The van der Waals surface area contributed by atoms with Crippen molar-refractivity contribution in [2.45, 2.75) is 12.8 Å². The van der Waals surface area contributed by atoms with E-state index in [9.17, 15) is 9.90 Å². The van der Waals surface area contributed by atoms with Crippen LogP contribution < -0.4 is 14.7 Å². The van der Waals surface area contributed by atoms with Crippen LogP contribution in [0, 0.1) is 0 Å². The van der Waals surface area contributed by atoms with Gasteiger partial charge in [-0.3, -0.25) is 0 Å². The third-order valence-electron chi connectivity index (χ3n) is 2.85. The summed E-state index contributed by atoms with van der Waals surface area (Å²) in [5.41, 5.74) is 0.126. The minimum Gasteiger partial charge on any atom is -0.545 e. The van der Waals surface area contributed by atoms with Crippen LogP contribution in [0.3, 0.4) is 0 Å². The van der Waals surface area contributed by atoms with E-state index in [2.05, 4.69) is 0 Å². The highest BCUT2D eigenvalue weighted by molar-refractivity contribution is 5.89. The number of hydrogen-bond donors (Lipinski definition) is 1. The molecule has 16 heavy (non-hydrogen) atoms. The van der Waals surface area contributed by atoms with Gasteiger partial charge in [0.15, 0.2) is 0 Å². The van der Waals surface area contributed by atoms with Gasteiger partial charge in [0.1, 0.15) is 5.75 Å². The molecule has 1 aliphatic heterocycles. The third kappa shape index (κ3) is 2.52. The minimum atomic E-state index is -1.19. The van der Waals surface area contributed by atoms with Crippen molar-refractivity contribution in [3.63, 3.8) is 0 Å². The fourth-order valence-electron chi connectivity index (χ4n) is 1.96. The molecule has 4 heteroatoms. The second kappa shape index (κ2) is 4.99. The lowest BCUT2D eigenvalue weighted by molar-refractivity contribution is -0.903. The largest absolute Gasteiger partial charge is 0.545 e. The fourth-order valence-corrected chi connectivity index (χ4v) is 1.96. The lowest BCUT2D eigenvalue weighted by Crippen LogP contribution is -3.10. The van der Waals surface area contributed by atoms with Gasteiger partial charge in [0.25, 0.3) is 0 Å². The molecule has 0 amide bonds. The molecule has 0 unspecified atom stereocenters. The van der Waals surface area contributed by atoms with Gasteiger partial charge in [0.2, 0.25) is 6.73 Å². The smallest absolute Gasteiger partial charge is 0.222 e. The average molecular weight is 221 g/mol. The highest BCUT2D eigenvalue weighted by atomic mass is 16.5. The van der Waals surface area contributed by atoms with Gasteiger partial charge < -0.3 is 19.5 Å². The van der Waals surface area contributed by atoms with Gasteiger partial charge in [0.05, 0.1) is 19.1 Å². The van der Waals surface area contributed by atoms with Gasteiger partial charge in [-0.25, -0.2) is 0 Å². The third-order valence-corrected chi connectivity index (χ3v) is 2.85. The number of carbonyl (C=O) groups excluding carboxylic acids is 1. The van der Waals surface area contributed by atoms with E-state index in [1.54, 1.807) is 18.2 Å². The lowest BCUT2D eigenvalue weighted by Gasteiger charge is -2.15. The van der Waals surface area contributed by atoms with Crippen molar-refractivity contribution in [1.82, 2.24) is 0 Å². The number of ether oxygens (including phenoxy) is 1. The minimum absolute atomic E-state index is 0.126. The number of quaternary nitrogens is 1. The van der Waals surface area contributed by atoms with Crippen molar-refractivity contribution in [1.29, 1.82) is 0 Å². The van der Waals surface area contributed by atoms with Crippen LogP contribution in [0.1, 0.15) is 23.2 Å². The normalized spacial score (nSPS) is 16.2. The molecule has 0 aliphatic carbocycles. The number of carboxylic acid groups (broad SMARTS) is 1. The zero-order chi connectivity index (χ0) is 11.4. The topological polar surface area (TPSA) is 53.8 Å². The van der Waals surface area contributed by atoms with Crippen LogP contribution in [0.25, 0.3) is 0 Å². The molecular formula is C12H15NO3. The SMILES string of the molecule is O=C([O-])c1ccccc1OC[NH+]1CCCC1. The van der Waals surface area contributed by atoms with E-state index >= 15 is 0 Å². The van der Waals surface area contributed by atoms with E-state index in [0.29, 0.717) is 12.5 Å². The van der Waals surface area contributed by atoms with Crippen LogP contribution in [-0.2, 0) is 0 Å². The molecule has 4 nitrogen and oxygen atoms in total. The zero-order valence-corrected chi connectivity index (χ0v) is 9.07. The maximum atomic E-state index is 10.8. The molecule has 1 aromatic rings. The molecule has 1 N–H and O–H groups in total. The predicted octanol–water partition coefficient (Wildman–Crippen LogP) is -0.935. The second-order valence-corrected chi connectivity index (χ2v) is 4.03. The van der Waals surface area contributed by atoms with E-state index in [1.165, 1.54) is 23.8 Å². The molecule has 0 atom stereocenters. The second-order valence-electron chi connectivity index (χ2n) is 4.03. The maximum absolute atomic E-state index is 10.8. The van der Waals surface area contributed by atoms with E-state index in [1.807, 2.05) is 0 Å². The van der Waals surface area contributed by atoms with Gasteiger partial charge in [-0.15, -0.1) is 0 Å². The summed E-state index contributed by atoms with van der Waals surface area (Å²) in [6.45, 7) is 2.74. The molecular weight excluding hydrogens is 206 g/mol. The first-order valence-corrected chi connectivity index (χ1v) is 5.54. The van der Waals surface area contributed by atoms with E-state index in [0.717, 1.165) is 13.1 Å². The summed E-state index contributed by atoms with van der Waals surface area (Å²) >= 11 is 0. The number of carbonyl (C=O) groups is 1. The zero-order valence-electron chi connectivity index (χ0n) is 9.07. The Morgan fingerprint density at radius 1 is 1.31 bits per heavy atom. The lowest BCUT2D eigenvalue weighted by atomic mass is 10.2. The van der Waals surface area contributed by atoms with E-state index < -0.39 is 5.97 Å². The van der Waals surface area contributed by atoms with E-state index in [4.69, 9.17) is 4.74 Å². The highest BCUT2D eigenvalue weighted by Gasteiger charge is 2.15. The first-order valence-electron chi connectivity index (χ1n) is 5.54. The first kappa shape index (κ1) is 11.0. The standard InChI is InChI=1S/C12H15NO3/c14-12(15)10-5-1-2-6-11(10)16-9-13-7-3-4-8-13/h1-2,5-6H,3-4,7-9H2,(H,14,15). The molecule has 1 aliphatic rings. The number of nitrogens with one attached hydrogen (secondary N) is 1. The van der Waals surface area contributed by atoms with Crippen LogP contribution in [0.5, 0.6) is 5.75 Å². The fraction of sp³-hybridized carbons (Fsp3) is 0.417. The molecule has 86 valence electrons. The van der Waals surface area contributed by atoms with Crippen molar-refractivity contribution in [3.05, 3.63) is 29.8 Å². The number of para-hydroxylation sites is 1. The molecule has 0 radical (unpaired) electrons. The Morgan fingerprint density at radius 2 is 2.00 bits per heavy atom. The van der Waals surface area contributed by atoms with Crippen molar-refractivity contribution in [3.8, 4) is 5.75 Å². The summed E-state index contributed by atoms with van der Waals surface area (Å²) in [4.78, 5) is 12.2. The van der Waals surface area contributed by atoms with Gasteiger partial charge in [0, 0.05) is 18.4 Å². The molecule has 0 aromatic heterocycles. The number of rotatable bonds is 4. The maximum Gasteiger partial charge on any atom is 0.222 e. The summed E-state index contributed by atoms with van der Waals surface area (Å²) in [6.07, 6.45) is 2.45. The number of benzene rings is 1. The molecule has 1 saturated heterocycles. The van der Waals surface area contributed by atoms with Crippen LogP contribution in [0.15, 0.2) is 24.3 Å². The Hall–Kier alpha value is -1.55. The van der Waals surface area contributed by atoms with Crippen LogP contribution >= 0.6 is 0 Å². The Labute approximate surface area is 94.4 Å². The summed E-state index contributed by atoms with van der Waals surface area (Å²) < 4.78 is 5.52. The van der Waals surface area contributed by atoms with Crippen LogP contribution in [0.4, 0.5) is 0 Å². The van der Waals surface area contributed by atoms with Gasteiger partial charge >= 0.3 is 0 Å². The van der Waals surface area contributed by atoms with Crippen molar-refractivity contribution >= 4 is 5.97 Å². The van der Waals surface area contributed by atoms with Crippen molar-refractivity contribution in [2.24, 2.45) is 0 Å². The number of carboxylic acids is 1. The van der Waals surface area contributed by atoms with Crippen LogP contribution in [0.2, 0.25) is 0 Å². The summed E-state index contributed by atoms with van der Waals surface area (Å²) in [5, 5.41) is 10.8. The molecule has 1 aromatic carbocycles. The van der Waals surface area contributed by atoms with Crippen LogP contribution in [-0.4, -0.2) is 25.8 Å². The van der Waals surface area contributed by atoms with Gasteiger partial charge in [-0.05, 0) is 12.1 Å². The van der Waals surface area contributed by atoms with Gasteiger partial charge in [-0.1, -0.05) is 12.1 Å². The predicted molar refractivity (Wildman–Crippen MR) is 56.2 cm³/mol. The van der Waals surface area contributed by atoms with E-state index in [-0.39, 0.29) is 5.56 Å². The Kier molecular flexibility index (Phi) is 3.41. The molecule has 1 heterocycles. The number of likely N-dealkylation sites (tertiary alicyclic amines) is 1. The molecule has 0 spiro atoms. The molecule has 2 rings (SSSR count). The first-order chi connectivity index (χ1) is 7.77.